The Morgan fingerprint density at radius 1 is 1.22 bits per heavy atom. The Morgan fingerprint density at radius 3 is 2.61 bits per heavy atom. The van der Waals surface area contributed by atoms with Gasteiger partial charge in [0.25, 0.3) is 0 Å². The van der Waals surface area contributed by atoms with Gasteiger partial charge in [-0.2, -0.15) is 0 Å². The molecule has 0 aliphatic rings. The van der Waals surface area contributed by atoms with Crippen LogP contribution in [0.2, 0.25) is 0 Å². The smallest absolute Gasteiger partial charge is 0.214 e. The molecule has 3 aromatic rings. The van der Waals surface area contributed by atoms with Crippen molar-refractivity contribution < 1.29 is 9.66 Å². The van der Waals surface area contributed by atoms with E-state index in [4.69, 9.17) is 4.74 Å². The molecule has 0 N–H and O–H groups in total. The third-order valence-electron chi connectivity index (χ3n) is 4.14. The van der Waals surface area contributed by atoms with Crippen molar-refractivity contribution in [2.24, 2.45) is 7.05 Å². The number of aromatic nitrogens is 1. The average molecular weight is 310 g/mol. The number of nitro groups is 1. The number of nitrogens with zero attached hydrogens (tertiary/aromatic N) is 2. The number of hydrogen-bond acceptors (Lipinski definition) is 3. The monoisotopic (exact) mass is 310 g/mol. The molecule has 1 unspecified atom stereocenters. The number of fused-ring (bicyclic) bond motifs is 1. The Hall–Kier alpha value is -2.82. The predicted octanol–water partition coefficient (Wildman–Crippen LogP) is 3.60. The van der Waals surface area contributed by atoms with E-state index in [-0.39, 0.29) is 17.4 Å². The molecule has 0 spiro atoms. The first kappa shape index (κ1) is 15.1. The van der Waals surface area contributed by atoms with Crippen molar-refractivity contribution in [3.63, 3.8) is 0 Å². The molecule has 0 radical (unpaired) electrons. The van der Waals surface area contributed by atoms with Gasteiger partial charge in [0.2, 0.25) is 6.54 Å². The van der Waals surface area contributed by atoms with Crippen LogP contribution in [0.4, 0.5) is 0 Å². The molecule has 3 rings (SSSR count). The van der Waals surface area contributed by atoms with Gasteiger partial charge in [-0.3, -0.25) is 10.1 Å². The van der Waals surface area contributed by atoms with Gasteiger partial charge < -0.3 is 9.30 Å². The second-order valence-corrected chi connectivity index (χ2v) is 5.56. The highest BCUT2D eigenvalue weighted by Crippen LogP contribution is 2.34. The molecule has 23 heavy (non-hydrogen) atoms. The van der Waals surface area contributed by atoms with Gasteiger partial charge in [0, 0.05) is 29.1 Å². The predicted molar refractivity (Wildman–Crippen MR) is 89.6 cm³/mol. The number of rotatable bonds is 5. The van der Waals surface area contributed by atoms with Crippen molar-refractivity contribution in [3.05, 3.63) is 76.0 Å². The molecule has 0 saturated carbocycles. The standard InChI is InChI=1S/C18H18N2O3/c1-19-11-17(15-10-14(23-2)8-9-18(15)19)16(12-20(21)22)13-6-4-3-5-7-13/h3-11,16H,12H2,1-2H3. The summed E-state index contributed by atoms with van der Waals surface area (Å²) in [4.78, 5) is 10.9. The third kappa shape index (κ3) is 2.90. The van der Waals surface area contributed by atoms with Gasteiger partial charge in [0.1, 0.15) is 5.75 Å². The summed E-state index contributed by atoms with van der Waals surface area (Å²) < 4.78 is 7.31. The van der Waals surface area contributed by atoms with Gasteiger partial charge in [0.05, 0.1) is 13.0 Å². The Kier molecular flexibility index (Phi) is 4.02. The first-order valence-corrected chi connectivity index (χ1v) is 7.40. The molecule has 118 valence electrons. The van der Waals surface area contributed by atoms with E-state index in [1.165, 1.54) is 0 Å². The Balaban J connectivity index is 2.19. The molecular weight excluding hydrogens is 292 g/mol. The van der Waals surface area contributed by atoms with Gasteiger partial charge in [-0.25, -0.2) is 0 Å². The van der Waals surface area contributed by atoms with Crippen molar-refractivity contribution in [1.29, 1.82) is 0 Å². The number of aryl methyl sites for hydroxylation is 1. The van der Waals surface area contributed by atoms with E-state index in [9.17, 15) is 10.1 Å². The first-order valence-electron chi connectivity index (χ1n) is 7.40. The van der Waals surface area contributed by atoms with Gasteiger partial charge in [0.15, 0.2) is 0 Å². The quantitative estimate of drug-likeness (QED) is 0.534. The second kappa shape index (κ2) is 6.12. The molecule has 1 aromatic heterocycles. The summed E-state index contributed by atoms with van der Waals surface area (Å²) >= 11 is 0. The Morgan fingerprint density at radius 2 is 1.96 bits per heavy atom. The highest BCUT2D eigenvalue weighted by atomic mass is 16.6. The molecule has 2 aromatic carbocycles. The largest absolute Gasteiger partial charge is 0.497 e. The SMILES string of the molecule is COc1ccc2c(c1)c(C(C[N+](=O)[O-])c1ccccc1)cn2C. The van der Waals surface area contributed by atoms with E-state index < -0.39 is 0 Å². The van der Waals surface area contributed by atoms with Crippen LogP contribution < -0.4 is 4.74 Å². The zero-order valence-corrected chi connectivity index (χ0v) is 13.1. The fourth-order valence-electron chi connectivity index (χ4n) is 3.02. The Labute approximate surface area is 134 Å². The van der Waals surface area contributed by atoms with Crippen LogP contribution in [0.15, 0.2) is 54.7 Å². The zero-order valence-electron chi connectivity index (χ0n) is 13.1. The van der Waals surface area contributed by atoms with Crippen LogP contribution in [0.5, 0.6) is 5.75 Å². The third-order valence-corrected chi connectivity index (χ3v) is 4.14. The van der Waals surface area contributed by atoms with E-state index >= 15 is 0 Å². The molecule has 0 fully saturated rings. The summed E-state index contributed by atoms with van der Waals surface area (Å²) in [5, 5.41) is 12.2. The Bertz CT molecular complexity index is 840. The van der Waals surface area contributed by atoms with Crippen LogP contribution in [0.3, 0.4) is 0 Å². The minimum Gasteiger partial charge on any atom is -0.497 e. The fourth-order valence-corrected chi connectivity index (χ4v) is 3.02. The van der Waals surface area contributed by atoms with E-state index in [0.29, 0.717) is 0 Å². The first-order chi connectivity index (χ1) is 11.1. The molecule has 5 heteroatoms. The van der Waals surface area contributed by atoms with E-state index in [2.05, 4.69) is 0 Å². The molecule has 5 nitrogen and oxygen atoms in total. The summed E-state index contributed by atoms with van der Waals surface area (Å²) in [6, 6.07) is 15.4. The molecule has 0 bridgehead atoms. The van der Waals surface area contributed by atoms with Gasteiger partial charge >= 0.3 is 0 Å². The topological polar surface area (TPSA) is 57.3 Å². The minimum absolute atomic E-state index is 0.139. The van der Waals surface area contributed by atoms with E-state index in [1.807, 2.05) is 66.3 Å². The summed E-state index contributed by atoms with van der Waals surface area (Å²) in [6.45, 7) is -0.139. The normalized spacial score (nSPS) is 12.3. The average Bonchev–Trinajstić information content (AvgIpc) is 2.89. The number of ether oxygens (including phenoxy) is 1. The highest BCUT2D eigenvalue weighted by molar-refractivity contribution is 5.86. The summed E-state index contributed by atoms with van der Waals surface area (Å²) in [7, 11) is 3.57. The van der Waals surface area contributed by atoms with Gasteiger partial charge in [-0.1, -0.05) is 30.3 Å². The summed E-state index contributed by atoms with van der Waals surface area (Å²) in [6.07, 6.45) is 1.98. The van der Waals surface area contributed by atoms with Crippen molar-refractivity contribution >= 4 is 10.9 Å². The van der Waals surface area contributed by atoms with E-state index in [1.54, 1.807) is 7.11 Å². The maximum atomic E-state index is 11.2. The lowest BCUT2D eigenvalue weighted by Crippen LogP contribution is -2.13. The number of benzene rings is 2. The van der Waals surface area contributed by atoms with Crippen molar-refractivity contribution in [3.8, 4) is 5.75 Å². The van der Waals surface area contributed by atoms with Crippen molar-refractivity contribution in [2.45, 2.75) is 5.92 Å². The van der Waals surface area contributed by atoms with Crippen molar-refractivity contribution in [1.82, 2.24) is 4.57 Å². The lowest BCUT2D eigenvalue weighted by Gasteiger charge is -2.13. The lowest BCUT2D eigenvalue weighted by atomic mass is 9.91. The van der Waals surface area contributed by atoms with Crippen LogP contribution in [0.25, 0.3) is 10.9 Å². The maximum Gasteiger partial charge on any atom is 0.214 e. The van der Waals surface area contributed by atoms with Crippen molar-refractivity contribution in [2.75, 3.05) is 13.7 Å². The highest BCUT2D eigenvalue weighted by Gasteiger charge is 2.24. The molecule has 0 aliphatic heterocycles. The van der Waals surface area contributed by atoms with E-state index in [0.717, 1.165) is 27.8 Å². The van der Waals surface area contributed by atoms with Gasteiger partial charge in [-0.15, -0.1) is 0 Å². The summed E-state index contributed by atoms with van der Waals surface area (Å²) in [5.74, 6) is 0.458. The molecule has 0 aliphatic carbocycles. The second-order valence-electron chi connectivity index (χ2n) is 5.56. The van der Waals surface area contributed by atoms with Crippen LogP contribution in [-0.2, 0) is 7.05 Å². The van der Waals surface area contributed by atoms with Crippen LogP contribution in [0.1, 0.15) is 17.0 Å². The minimum atomic E-state index is -0.290. The summed E-state index contributed by atoms with van der Waals surface area (Å²) in [5.41, 5.74) is 2.92. The van der Waals surface area contributed by atoms with Gasteiger partial charge in [-0.05, 0) is 29.3 Å². The molecular formula is C18H18N2O3. The molecule has 0 saturated heterocycles. The molecule has 1 atom stereocenters. The number of methoxy groups -OCH3 is 1. The maximum absolute atomic E-state index is 11.2. The fraction of sp³-hybridized carbons (Fsp3) is 0.222. The van der Waals surface area contributed by atoms with Crippen LogP contribution in [-0.4, -0.2) is 23.1 Å². The lowest BCUT2D eigenvalue weighted by molar-refractivity contribution is -0.481. The molecule has 0 amide bonds. The zero-order chi connectivity index (χ0) is 16.4. The molecule has 1 heterocycles. The number of hydrogen-bond donors (Lipinski definition) is 0. The van der Waals surface area contributed by atoms with Crippen LogP contribution >= 0.6 is 0 Å². The van der Waals surface area contributed by atoms with Crippen LogP contribution in [0, 0.1) is 10.1 Å².